The van der Waals surface area contributed by atoms with Crippen molar-refractivity contribution in [3.63, 3.8) is 0 Å². The molecule has 1 fully saturated rings. The van der Waals surface area contributed by atoms with E-state index in [2.05, 4.69) is 15.4 Å². The molecule has 0 bridgehead atoms. The van der Waals surface area contributed by atoms with Crippen LogP contribution >= 0.6 is 0 Å². The third-order valence-corrected chi connectivity index (χ3v) is 4.94. The molecule has 0 aromatic rings. The van der Waals surface area contributed by atoms with Gasteiger partial charge in [-0.3, -0.25) is 0 Å². The van der Waals surface area contributed by atoms with Gasteiger partial charge in [0.05, 0.1) is 5.75 Å². The van der Waals surface area contributed by atoms with Crippen LogP contribution in [0.15, 0.2) is 0 Å². The zero-order valence-electron chi connectivity index (χ0n) is 12.3. The molecule has 1 rings (SSSR count). The molecule has 20 heavy (non-hydrogen) atoms. The van der Waals surface area contributed by atoms with Crippen LogP contribution in [-0.2, 0) is 10.0 Å². The van der Waals surface area contributed by atoms with E-state index in [0.29, 0.717) is 19.5 Å². The van der Waals surface area contributed by atoms with Crippen molar-refractivity contribution in [1.82, 2.24) is 15.4 Å². The maximum atomic E-state index is 11.7. The van der Waals surface area contributed by atoms with Gasteiger partial charge in [-0.25, -0.2) is 17.9 Å². The molecular weight excluding hydrogens is 278 g/mol. The fourth-order valence-electron chi connectivity index (χ4n) is 2.28. The van der Waals surface area contributed by atoms with Crippen LogP contribution in [0.1, 0.15) is 51.9 Å². The van der Waals surface area contributed by atoms with Gasteiger partial charge in [0, 0.05) is 19.1 Å². The molecule has 0 heterocycles. The summed E-state index contributed by atoms with van der Waals surface area (Å²) in [7, 11) is -3.13. The molecule has 1 aliphatic carbocycles. The molecule has 1 aliphatic rings. The lowest BCUT2D eigenvalue weighted by atomic mass is 10.1. The molecule has 0 atom stereocenters. The Balaban J connectivity index is 2.08. The Morgan fingerprint density at radius 3 is 2.35 bits per heavy atom. The van der Waals surface area contributed by atoms with Gasteiger partial charge in [-0.1, -0.05) is 25.7 Å². The summed E-state index contributed by atoms with van der Waals surface area (Å²) in [6, 6.07) is 0.145. The van der Waals surface area contributed by atoms with Gasteiger partial charge in [0.15, 0.2) is 0 Å². The van der Waals surface area contributed by atoms with Crippen molar-refractivity contribution in [2.75, 3.05) is 18.8 Å². The van der Waals surface area contributed by atoms with E-state index in [1.54, 1.807) is 6.92 Å². The second-order valence-corrected chi connectivity index (χ2v) is 7.34. The largest absolute Gasteiger partial charge is 0.338 e. The number of rotatable bonds is 7. The summed E-state index contributed by atoms with van der Waals surface area (Å²) in [4.78, 5) is 11.7. The Labute approximate surface area is 122 Å². The van der Waals surface area contributed by atoms with Crippen molar-refractivity contribution in [1.29, 1.82) is 0 Å². The molecule has 0 unspecified atom stereocenters. The predicted molar refractivity (Wildman–Crippen MR) is 80.1 cm³/mol. The van der Waals surface area contributed by atoms with Gasteiger partial charge in [0.2, 0.25) is 10.0 Å². The van der Waals surface area contributed by atoms with Crippen LogP contribution in [-0.4, -0.2) is 39.3 Å². The van der Waals surface area contributed by atoms with Crippen LogP contribution in [0.25, 0.3) is 0 Å². The minimum Gasteiger partial charge on any atom is -0.338 e. The summed E-state index contributed by atoms with van der Waals surface area (Å²) in [6.45, 7) is 2.44. The van der Waals surface area contributed by atoms with Crippen LogP contribution in [0.5, 0.6) is 0 Å². The molecule has 1 saturated carbocycles. The van der Waals surface area contributed by atoms with Gasteiger partial charge < -0.3 is 10.6 Å². The minimum atomic E-state index is -3.13. The summed E-state index contributed by atoms with van der Waals surface area (Å²) in [6.07, 6.45) is 7.60. The highest BCUT2D eigenvalue weighted by molar-refractivity contribution is 7.89. The number of carbonyl (C=O) groups excluding carboxylic acids is 1. The fraction of sp³-hybridized carbons (Fsp3) is 0.923. The minimum absolute atomic E-state index is 0.0859. The molecule has 0 aliphatic heterocycles. The number of hydrogen-bond acceptors (Lipinski definition) is 3. The first-order valence-corrected chi connectivity index (χ1v) is 9.20. The second kappa shape index (κ2) is 9.18. The number of carbonyl (C=O) groups is 1. The number of nitrogens with one attached hydrogen (secondary N) is 3. The molecule has 7 heteroatoms. The number of hydrogen-bond donors (Lipinski definition) is 3. The molecule has 0 saturated heterocycles. The van der Waals surface area contributed by atoms with Crippen molar-refractivity contribution >= 4 is 16.1 Å². The zero-order chi connectivity index (χ0) is 14.8. The number of sulfonamides is 1. The SMILES string of the molecule is CCS(=O)(=O)NCCCNC(=O)NC1CCCCCC1. The molecule has 0 spiro atoms. The first-order chi connectivity index (χ1) is 9.53. The lowest BCUT2D eigenvalue weighted by molar-refractivity contribution is 0.235. The molecule has 2 amide bonds. The lowest BCUT2D eigenvalue weighted by Crippen LogP contribution is -2.42. The van der Waals surface area contributed by atoms with Gasteiger partial charge in [-0.2, -0.15) is 0 Å². The highest BCUT2D eigenvalue weighted by atomic mass is 32.2. The van der Waals surface area contributed by atoms with Crippen LogP contribution in [0, 0.1) is 0 Å². The van der Waals surface area contributed by atoms with Crippen LogP contribution in [0.3, 0.4) is 0 Å². The summed E-state index contributed by atoms with van der Waals surface area (Å²) < 4.78 is 24.8. The van der Waals surface area contributed by atoms with Crippen molar-refractivity contribution in [3.8, 4) is 0 Å². The Morgan fingerprint density at radius 1 is 1.10 bits per heavy atom. The standard InChI is InChI=1S/C13H27N3O3S/c1-2-20(18,19)15-11-7-10-14-13(17)16-12-8-5-3-4-6-9-12/h12,15H,2-11H2,1H3,(H2,14,16,17). The first-order valence-electron chi connectivity index (χ1n) is 7.55. The third kappa shape index (κ3) is 7.69. The van der Waals surface area contributed by atoms with Crippen molar-refractivity contribution in [2.24, 2.45) is 0 Å². The Hall–Kier alpha value is -0.820. The summed E-state index contributed by atoms with van der Waals surface area (Å²) in [5, 5.41) is 5.76. The highest BCUT2D eigenvalue weighted by Crippen LogP contribution is 2.16. The molecule has 3 N–H and O–H groups in total. The van der Waals surface area contributed by atoms with E-state index >= 15 is 0 Å². The van der Waals surface area contributed by atoms with Crippen molar-refractivity contribution < 1.29 is 13.2 Å². The Morgan fingerprint density at radius 2 is 1.75 bits per heavy atom. The smallest absolute Gasteiger partial charge is 0.315 e. The van der Waals surface area contributed by atoms with Gasteiger partial charge in [-0.05, 0) is 26.2 Å². The molecule has 0 radical (unpaired) electrons. The predicted octanol–water partition coefficient (Wildman–Crippen LogP) is 1.34. The van der Waals surface area contributed by atoms with E-state index in [0.717, 1.165) is 12.8 Å². The van der Waals surface area contributed by atoms with Crippen LogP contribution < -0.4 is 15.4 Å². The van der Waals surface area contributed by atoms with Gasteiger partial charge in [0.1, 0.15) is 0 Å². The van der Waals surface area contributed by atoms with Crippen molar-refractivity contribution in [2.45, 2.75) is 57.9 Å². The fourth-order valence-corrected chi connectivity index (χ4v) is 2.94. The topological polar surface area (TPSA) is 87.3 Å². The van der Waals surface area contributed by atoms with E-state index < -0.39 is 10.0 Å². The van der Waals surface area contributed by atoms with Gasteiger partial charge >= 0.3 is 6.03 Å². The zero-order valence-corrected chi connectivity index (χ0v) is 13.1. The van der Waals surface area contributed by atoms with Crippen LogP contribution in [0.2, 0.25) is 0 Å². The Bertz CT molecular complexity index is 376. The molecule has 118 valence electrons. The van der Waals surface area contributed by atoms with E-state index in [-0.39, 0.29) is 17.8 Å². The normalized spacial score (nSPS) is 17.4. The highest BCUT2D eigenvalue weighted by Gasteiger charge is 2.14. The monoisotopic (exact) mass is 305 g/mol. The maximum Gasteiger partial charge on any atom is 0.315 e. The average molecular weight is 305 g/mol. The molecule has 0 aromatic carbocycles. The quantitative estimate of drug-likeness (QED) is 0.490. The summed E-state index contributed by atoms with van der Waals surface area (Å²) >= 11 is 0. The third-order valence-electron chi connectivity index (χ3n) is 3.53. The molecule has 0 aromatic heterocycles. The van der Waals surface area contributed by atoms with Crippen molar-refractivity contribution in [3.05, 3.63) is 0 Å². The summed E-state index contributed by atoms with van der Waals surface area (Å²) in [5.74, 6) is 0.0859. The first kappa shape index (κ1) is 17.2. The van der Waals surface area contributed by atoms with E-state index in [1.165, 1.54) is 25.7 Å². The molecular formula is C13H27N3O3S. The van der Waals surface area contributed by atoms with E-state index in [9.17, 15) is 13.2 Å². The van der Waals surface area contributed by atoms with Gasteiger partial charge in [-0.15, -0.1) is 0 Å². The lowest BCUT2D eigenvalue weighted by Gasteiger charge is -2.16. The molecule has 6 nitrogen and oxygen atoms in total. The maximum absolute atomic E-state index is 11.7. The second-order valence-electron chi connectivity index (χ2n) is 5.24. The van der Waals surface area contributed by atoms with E-state index in [1.807, 2.05) is 0 Å². The Kier molecular flexibility index (Phi) is 7.91. The average Bonchev–Trinajstić information content (AvgIpc) is 2.67. The summed E-state index contributed by atoms with van der Waals surface area (Å²) in [5.41, 5.74) is 0. The van der Waals surface area contributed by atoms with Gasteiger partial charge in [0.25, 0.3) is 0 Å². The number of urea groups is 1. The number of amides is 2. The van der Waals surface area contributed by atoms with Crippen LogP contribution in [0.4, 0.5) is 4.79 Å². The van der Waals surface area contributed by atoms with E-state index in [4.69, 9.17) is 0 Å².